The number of anilines is 1. The maximum atomic E-state index is 12.6. The number of fused-ring (bicyclic) bond motifs is 1. The Balaban J connectivity index is 1.63. The predicted molar refractivity (Wildman–Crippen MR) is 128 cm³/mol. The summed E-state index contributed by atoms with van der Waals surface area (Å²) in [5.41, 5.74) is 12.1. The molecule has 164 valence electrons. The predicted octanol–water partition coefficient (Wildman–Crippen LogP) is 5.13. The van der Waals surface area contributed by atoms with E-state index in [9.17, 15) is 4.79 Å². The third kappa shape index (κ3) is 3.67. The van der Waals surface area contributed by atoms with Crippen molar-refractivity contribution in [3.05, 3.63) is 66.2 Å². The minimum Gasteiger partial charge on any atom is -0.466 e. The molecule has 0 saturated heterocycles. The molecule has 2 aliphatic rings. The Morgan fingerprint density at radius 1 is 1.06 bits per heavy atom. The number of aromatic nitrogens is 1. The SMILES string of the molecule is CC(C)CN1C(=O)COc2nc(-c3ccc(C4(N)CCC4)cc3)c(-c3ccccc3)cc21. The second-order valence-corrected chi connectivity index (χ2v) is 9.35. The molecule has 0 bridgehead atoms. The highest BCUT2D eigenvalue weighted by Gasteiger charge is 2.34. The van der Waals surface area contributed by atoms with Gasteiger partial charge in [0.1, 0.15) is 5.69 Å². The zero-order valence-corrected chi connectivity index (χ0v) is 18.7. The summed E-state index contributed by atoms with van der Waals surface area (Å²) in [6.45, 7) is 4.87. The van der Waals surface area contributed by atoms with Gasteiger partial charge in [0.05, 0.1) is 5.69 Å². The van der Waals surface area contributed by atoms with Gasteiger partial charge in [0.15, 0.2) is 6.61 Å². The van der Waals surface area contributed by atoms with E-state index >= 15 is 0 Å². The second kappa shape index (κ2) is 8.06. The molecule has 1 amide bonds. The summed E-state index contributed by atoms with van der Waals surface area (Å²) in [5.74, 6) is 0.823. The molecule has 1 aromatic heterocycles. The van der Waals surface area contributed by atoms with Crippen molar-refractivity contribution in [2.75, 3.05) is 18.1 Å². The average Bonchev–Trinajstić information content (AvgIpc) is 2.79. The van der Waals surface area contributed by atoms with Crippen LogP contribution in [-0.4, -0.2) is 24.0 Å². The van der Waals surface area contributed by atoms with E-state index in [4.69, 9.17) is 15.5 Å². The quantitative estimate of drug-likeness (QED) is 0.613. The van der Waals surface area contributed by atoms with Crippen LogP contribution in [0.1, 0.15) is 38.7 Å². The number of carbonyl (C=O) groups is 1. The van der Waals surface area contributed by atoms with Gasteiger partial charge in [0, 0.05) is 23.2 Å². The van der Waals surface area contributed by atoms with Crippen LogP contribution >= 0.6 is 0 Å². The van der Waals surface area contributed by atoms with Crippen LogP contribution in [0.2, 0.25) is 0 Å². The van der Waals surface area contributed by atoms with Gasteiger partial charge in [0.2, 0.25) is 5.88 Å². The van der Waals surface area contributed by atoms with Crippen molar-refractivity contribution >= 4 is 11.6 Å². The number of hydrogen-bond donors (Lipinski definition) is 1. The third-order valence-corrected chi connectivity index (χ3v) is 6.50. The Morgan fingerprint density at radius 2 is 1.78 bits per heavy atom. The molecule has 3 aromatic rings. The first-order valence-corrected chi connectivity index (χ1v) is 11.4. The molecule has 5 nitrogen and oxygen atoms in total. The third-order valence-electron chi connectivity index (χ3n) is 6.50. The highest BCUT2D eigenvalue weighted by atomic mass is 16.5. The summed E-state index contributed by atoms with van der Waals surface area (Å²) >= 11 is 0. The lowest BCUT2D eigenvalue weighted by atomic mass is 9.72. The van der Waals surface area contributed by atoms with Crippen LogP contribution in [0.5, 0.6) is 5.88 Å². The summed E-state index contributed by atoms with van der Waals surface area (Å²) < 4.78 is 5.78. The summed E-state index contributed by atoms with van der Waals surface area (Å²) in [5, 5.41) is 0. The monoisotopic (exact) mass is 427 g/mol. The van der Waals surface area contributed by atoms with Gasteiger partial charge in [-0.15, -0.1) is 0 Å². The van der Waals surface area contributed by atoms with E-state index < -0.39 is 0 Å². The fourth-order valence-electron chi connectivity index (χ4n) is 4.56. The van der Waals surface area contributed by atoms with Gasteiger partial charge in [-0.1, -0.05) is 68.4 Å². The minimum atomic E-state index is -0.190. The summed E-state index contributed by atoms with van der Waals surface area (Å²) in [6.07, 6.45) is 3.25. The van der Waals surface area contributed by atoms with E-state index in [1.807, 2.05) is 23.1 Å². The number of nitrogens with two attached hydrogens (primary N) is 1. The zero-order valence-electron chi connectivity index (χ0n) is 18.7. The van der Waals surface area contributed by atoms with E-state index in [1.165, 1.54) is 12.0 Å². The van der Waals surface area contributed by atoms with E-state index in [0.29, 0.717) is 18.3 Å². The lowest BCUT2D eigenvalue weighted by Crippen LogP contribution is -2.43. The van der Waals surface area contributed by atoms with Crippen LogP contribution in [0.4, 0.5) is 5.69 Å². The van der Waals surface area contributed by atoms with Crippen LogP contribution in [0.25, 0.3) is 22.4 Å². The van der Waals surface area contributed by atoms with Crippen molar-refractivity contribution < 1.29 is 9.53 Å². The van der Waals surface area contributed by atoms with Crippen molar-refractivity contribution in [3.8, 4) is 28.3 Å². The maximum Gasteiger partial charge on any atom is 0.265 e. The molecule has 0 spiro atoms. The van der Waals surface area contributed by atoms with Gasteiger partial charge in [-0.2, -0.15) is 0 Å². The molecule has 1 saturated carbocycles. The Bertz CT molecular complexity index is 1140. The molecular weight excluding hydrogens is 398 g/mol. The Labute approximate surface area is 189 Å². The molecule has 0 radical (unpaired) electrons. The van der Waals surface area contributed by atoms with E-state index in [2.05, 4.69) is 56.3 Å². The normalized spacial score (nSPS) is 17.0. The second-order valence-electron chi connectivity index (χ2n) is 9.35. The number of amides is 1. The molecule has 5 heteroatoms. The van der Waals surface area contributed by atoms with Crippen molar-refractivity contribution in [2.24, 2.45) is 11.7 Å². The molecule has 32 heavy (non-hydrogen) atoms. The first-order chi connectivity index (χ1) is 15.4. The molecule has 2 N–H and O–H groups in total. The molecule has 1 fully saturated rings. The summed E-state index contributed by atoms with van der Waals surface area (Å²) in [6, 6.07) is 20.7. The van der Waals surface area contributed by atoms with Crippen LogP contribution < -0.4 is 15.4 Å². The lowest BCUT2D eigenvalue weighted by molar-refractivity contribution is -0.121. The largest absolute Gasteiger partial charge is 0.466 e. The van der Waals surface area contributed by atoms with Gasteiger partial charge in [-0.05, 0) is 42.4 Å². The smallest absolute Gasteiger partial charge is 0.265 e. The molecule has 2 aromatic carbocycles. The van der Waals surface area contributed by atoms with Crippen LogP contribution in [0.3, 0.4) is 0 Å². The van der Waals surface area contributed by atoms with Crippen LogP contribution in [0, 0.1) is 5.92 Å². The summed E-state index contributed by atoms with van der Waals surface area (Å²) in [4.78, 5) is 19.4. The highest BCUT2D eigenvalue weighted by molar-refractivity contribution is 5.99. The van der Waals surface area contributed by atoms with Crippen molar-refractivity contribution in [1.82, 2.24) is 4.98 Å². The van der Waals surface area contributed by atoms with Crippen molar-refractivity contribution in [1.29, 1.82) is 0 Å². The van der Waals surface area contributed by atoms with Crippen LogP contribution in [0.15, 0.2) is 60.7 Å². The Hall–Kier alpha value is -3.18. The number of ether oxygens (including phenoxy) is 1. The number of nitrogens with zero attached hydrogens (tertiary/aromatic N) is 2. The van der Waals surface area contributed by atoms with Gasteiger partial charge in [-0.3, -0.25) is 4.79 Å². The fraction of sp³-hybridized carbons (Fsp3) is 0.333. The van der Waals surface area contributed by atoms with Crippen molar-refractivity contribution in [2.45, 2.75) is 38.6 Å². The zero-order chi connectivity index (χ0) is 22.3. The highest BCUT2D eigenvalue weighted by Crippen LogP contribution is 2.42. The molecular formula is C27H29N3O2. The average molecular weight is 428 g/mol. The fourth-order valence-corrected chi connectivity index (χ4v) is 4.56. The van der Waals surface area contributed by atoms with Gasteiger partial charge in [-0.25, -0.2) is 4.98 Å². The Morgan fingerprint density at radius 3 is 2.41 bits per heavy atom. The maximum absolute atomic E-state index is 12.6. The lowest BCUT2D eigenvalue weighted by Gasteiger charge is -2.38. The van der Waals surface area contributed by atoms with E-state index in [0.717, 1.165) is 40.9 Å². The number of carbonyl (C=O) groups excluding carboxylic acids is 1. The van der Waals surface area contributed by atoms with E-state index in [1.54, 1.807) is 0 Å². The number of pyridine rings is 1. The number of benzene rings is 2. The van der Waals surface area contributed by atoms with E-state index in [-0.39, 0.29) is 18.1 Å². The molecule has 5 rings (SSSR count). The van der Waals surface area contributed by atoms with Crippen molar-refractivity contribution in [3.63, 3.8) is 0 Å². The number of hydrogen-bond acceptors (Lipinski definition) is 4. The standard InChI is InChI=1S/C27H29N3O2/c1-18(2)16-30-23-15-22(19-7-4-3-5-8-19)25(29-26(23)32-17-24(30)31)20-9-11-21(12-10-20)27(28)13-6-14-27/h3-5,7-12,15,18H,6,13-14,16-17,28H2,1-2H3. The topological polar surface area (TPSA) is 68.5 Å². The summed E-state index contributed by atoms with van der Waals surface area (Å²) in [7, 11) is 0. The number of rotatable bonds is 5. The molecule has 2 heterocycles. The van der Waals surface area contributed by atoms with Gasteiger partial charge < -0.3 is 15.4 Å². The van der Waals surface area contributed by atoms with Gasteiger partial charge in [0.25, 0.3) is 5.91 Å². The van der Waals surface area contributed by atoms with Crippen LogP contribution in [-0.2, 0) is 10.3 Å². The minimum absolute atomic E-state index is 0.0193. The molecule has 1 aliphatic heterocycles. The molecule has 0 atom stereocenters. The molecule has 1 aliphatic carbocycles. The first-order valence-electron chi connectivity index (χ1n) is 11.4. The first kappa shape index (κ1) is 20.7. The Kier molecular flexibility index (Phi) is 5.22. The molecule has 0 unspecified atom stereocenters. The van der Waals surface area contributed by atoms with Gasteiger partial charge >= 0.3 is 0 Å².